The Morgan fingerprint density at radius 1 is 0.386 bits per heavy atom. The highest BCUT2D eigenvalue weighted by atomic mass is 32.1. The van der Waals surface area contributed by atoms with Crippen LogP contribution in [0.3, 0.4) is 0 Å². The molecule has 0 radical (unpaired) electrons. The standard InChI is InChI=1S/C51H30N4OS/c1-4-14-31(15-5-1)49-52-50(32-16-6-2-7-17-32)54-51(53-49)39-23-12-22-36-37-27-29-42-46(48(37)57-47(36)39)40-30-33(26-28-41(40)55(42)34-18-8-3-9-19-34)35-21-13-25-44-45(35)38-20-10-11-24-43(38)56-44/h1-30H. The number of rotatable bonds is 5. The summed E-state index contributed by atoms with van der Waals surface area (Å²) in [7, 11) is 0. The first-order chi connectivity index (χ1) is 28.3. The van der Waals surface area contributed by atoms with Gasteiger partial charge < -0.3 is 8.98 Å². The minimum atomic E-state index is 0.652. The molecule has 0 saturated heterocycles. The number of para-hydroxylation sites is 2. The van der Waals surface area contributed by atoms with E-state index >= 15 is 0 Å². The van der Waals surface area contributed by atoms with E-state index in [2.05, 4.69) is 138 Å². The van der Waals surface area contributed by atoms with Crippen molar-refractivity contribution in [3.63, 3.8) is 0 Å². The topological polar surface area (TPSA) is 56.7 Å². The first-order valence-corrected chi connectivity index (χ1v) is 19.8. The van der Waals surface area contributed by atoms with Crippen LogP contribution < -0.4 is 0 Å². The molecule has 6 heteroatoms. The van der Waals surface area contributed by atoms with Gasteiger partial charge in [0, 0.05) is 64.1 Å². The quantitative estimate of drug-likeness (QED) is 0.176. The lowest BCUT2D eigenvalue weighted by atomic mass is 9.97. The molecule has 4 aromatic heterocycles. The van der Waals surface area contributed by atoms with E-state index in [9.17, 15) is 0 Å². The van der Waals surface area contributed by atoms with Gasteiger partial charge in [0.1, 0.15) is 11.2 Å². The Morgan fingerprint density at radius 3 is 1.75 bits per heavy atom. The van der Waals surface area contributed by atoms with E-state index in [1.165, 1.54) is 31.8 Å². The summed E-state index contributed by atoms with van der Waals surface area (Å²) < 4.78 is 11.1. The third-order valence-corrected chi connectivity index (χ3v) is 12.3. The molecular formula is C51H30N4OS. The lowest BCUT2D eigenvalue weighted by Gasteiger charge is -2.09. The molecule has 8 aromatic carbocycles. The number of nitrogens with zero attached hydrogens (tertiary/aromatic N) is 4. The zero-order chi connectivity index (χ0) is 37.5. The van der Waals surface area contributed by atoms with Crippen LogP contribution in [-0.4, -0.2) is 19.5 Å². The SMILES string of the molecule is c1ccc(-c2nc(-c3ccccc3)nc(-c3cccc4c3sc3c4ccc4c3c3cc(-c5cccc6oc7ccccc7c56)ccc3n4-c3ccccc3)n2)cc1. The van der Waals surface area contributed by atoms with E-state index in [0.29, 0.717) is 17.5 Å². The molecule has 5 nitrogen and oxygen atoms in total. The van der Waals surface area contributed by atoms with Gasteiger partial charge >= 0.3 is 0 Å². The molecule has 4 heterocycles. The van der Waals surface area contributed by atoms with Gasteiger partial charge in [0.2, 0.25) is 0 Å². The normalized spacial score (nSPS) is 11.9. The Bertz CT molecular complexity index is 3460. The van der Waals surface area contributed by atoms with Crippen LogP contribution in [0.1, 0.15) is 0 Å². The zero-order valence-corrected chi connectivity index (χ0v) is 31.2. The van der Waals surface area contributed by atoms with Gasteiger partial charge in [0.05, 0.1) is 11.0 Å². The summed E-state index contributed by atoms with van der Waals surface area (Å²) >= 11 is 1.82. The summed E-state index contributed by atoms with van der Waals surface area (Å²) in [6.07, 6.45) is 0. The van der Waals surface area contributed by atoms with E-state index in [1.54, 1.807) is 0 Å². The lowest BCUT2D eigenvalue weighted by molar-refractivity contribution is 0.669. The van der Waals surface area contributed by atoms with E-state index in [0.717, 1.165) is 65.7 Å². The maximum Gasteiger partial charge on any atom is 0.165 e. The molecule has 0 amide bonds. The molecule has 0 saturated carbocycles. The fraction of sp³-hybridized carbons (Fsp3) is 0. The van der Waals surface area contributed by atoms with Gasteiger partial charge in [0.25, 0.3) is 0 Å². The van der Waals surface area contributed by atoms with Crippen molar-refractivity contribution in [1.82, 2.24) is 19.5 Å². The van der Waals surface area contributed by atoms with Crippen LogP contribution >= 0.6 is 11.3 Å². The number of thiophene rings is 1. The third-order valence-electron chi connectivity index (χ3n) is 11.1. The Labute approximate surface area is 330 Å². The van der Waals surface area contributed by atoms with Crippen LogP contribution in [0.25, 0.3) is 115 Å². The highest BCUT2D eigenvalue weighted by molar-refractivity contribution is 7.27. The molecule has 0 N–H and O–H groups in total. The second-order valence-electron chi connectivity index (χ2n) is 14.3. The molecule has 57 heavy (non-hydrogen) atoms. The summed E-state index contributed by atoms with van der Waals surface area (Å²) in [6.45, 7) is 0. The molecule has 0 aliphatic carbocycles. The summed E-state index contributed by atoms with van der Waals surface area (Å²) in [6, 6.07) is 63.7. The van der Waals surface area contributed by atoms with E-state index < -0.39 is 0 Å². The second kappa shape index (κ2) is 12.6. The van der Waals surface area contributed by atoms with Gasteiger partial charge in [-0.25, -0.2) is 15.0 Å². The van der Waals surface area contributed by atoms with Crippen molar-refractivity contribution in [2.75, 3.05) is 0 Å². The molecule has 266 valence electrons. The maximum atomic E-state index is 6.32. The Morgan fingerprint density at radius 2 is 0.982 bits per heavy atom. The number of hydrogen-bond donors (Lipinski definition) is 0. The molecule has 0 aliphatic heterocycles. The van der Waals surface area contributed by atoms with Gasteiger partial charge in [-0.05, 0) is 59.7 Å². The van der Waals surface area contributed by atoms with Crippen molar-refractivity contribution in [2.45, 2.75) is 0 Å². The largest absolute Gasteiger partial charge is 0.456 e. The maximum absolute atomic E-state index is 6.32. The van der Waals surface area contributed by atoms with Gasteiger partial charge in [-0.3, -0.25) is 0 Å². The van der Waals surface area contributed by atoms with E-state index in [1.807, 2.05) is 59.9 Å². The first-order valence-electron chi connectivity index (χ1n) is 19.0. The van der Waals surface area contributed by atoms with Gasteiger partial charge in [-0.1, -0.05) is 133 Å². The third kappa shape index (κ3) is 4.98. The number of benzene rings is 8. The monoisotopic (exact) mass is 746 g/mol. The fourth-order valence-corrected chi connectivity index (χ4v) is 9.87. The van der Waals surface area contributed by atoms with E-state index in [4.69, 9.17) is 19.4 Å². The van der Waals surface area contributed by atoms with Crippen molar-refractivity contribution in [2.24, 2.45) is 0 Å². The van der Waals surface area contributed by atoms with Crippen molar-refractivity contribution in [1.29, 1.82) is 0 Å². The molecule has 0 atom stereocenters. The Kier molecular flexibility index (Phi) is 7.03. The molecule has 12 rings (SSSR count). The van der Waals surface area contributed by atoms with Crippen LogP contribution in [0.5, 0.6) is 0 Å². The average Bonchev–Trinajstić information content (AvgIpc) is 3.96. The predicted octanol–water partition coefficient (Wildman–Crippen LogP) is 13.9. The van der Waals surface area contributed by atoms with Crippen LogP contribution in [0.15, 0.2) is 186 Å². The molecule has 0 fully saturated rings. The molecular weight excluding hydrogens is 717 g/mol. The Hall–Kier alpha value is -7.41. The number of hydrogen-bond acceptors (Lipinski definition) is 5. The van der Waals surface area contributed by atoms with Crippen molar-refractivity contribution in [3.8, 4) is 51.0 Å². The van der Waals surface area contributed by atoms with Crippen LogP contribution in [0, 0.1) is 0 Å². The van der Waals surface area contributed by atoms with Crippen LogP contribution in [0.2, 0.25) is 0 Å². The van der Waals surface area contributed by atoms with Gasteiger partial charge in [-0.15, -0.1) is 11.3 Å². The smallest absolute Gasteiger partial charge is 0.165 e. The first kappa shape index (κ1) is 31.9. The van der Waals surface area contributed by atoms with Crippen LogP contribution in [-0.2, 0) is 0 Å². The summed E-state index contributed by atoms with van der Waals surface area (Å²) in [4.78, 5) is 15.2. The van der Waals surface area contributed by atoms with Crippen molar-refractivity contribution >= 4 is 75.3 Å². The minimum absolute atomic E-state index is 0.652. The highest BCUT2D eigenvalue weighted by Gasteiger charge is 2.22. The fourth-order valence-electron chi connectivity index (χ4n) is 8.50. The number of fused-ring (bicyclic) bond motifs is 10. The second-order valence-corrected chi connectivity index (χ2v) is 15.4. The summed E-state index contributed by atoms with van der Waals surface area (Å²) in [5, 5.41) is 7.09. The molecule has 12 aromatic rings. The summed E-state index contributed by atoms with van der Waals surface area (Å²) in [5.74, 6) is 1.96. The molecule has 0 bridgehead atoms. The van der Waals surface area contributed by atoms with Gasteiger partial charge in [0.15, 0.2) is 17.5 Å². The molecule has 0 unspecified atom stereocenters. The predicted molar refractivity (Wildman–Crippen MR) is 236 cm³/mol. The molecule has 0 aliphatic rings. The lowest BCUT2D eigenvalue weighted by Crippen LogP contribution is -2.00. The summed E-state index contributed by atoms with van der Waals surface area (Å²) in [5.41, 5.74) is 10.4. The average molecular weight is 747 g/mol. The Balaban J connectivity index is 1.14. The van der Waals surface area contributed by atoms with Crippen molar-refractivity contribution in [3.05, 3.63) is 182 Å². The van der Waals surface area contributed by atoms with Crippen molar-refractivity contribution < 1.29 is 4.42 Å². The van der Waals surface area contributed by atoms with Crippen LogP contribution in [0.4, 0.5) is 0 Å². The zero-order valence-electron chi connectivity index (χ0n) is 30.4. The van der Waals surface area contributed by atoms with E-state index in [-0.39, 0.29) is 0 Å². The number of aromatic nitrogens is 4. The number of furan rings is 1. The minimum Gasteiger partial charge on any atom is -0.456 e. The van der Waals surface area contributed by atoms with Gasteiger partial charge in [-0.2, -0.15) is 0 Å². The molecule has 0 spiro atoms. The highest BCUT2D eigenvalue weighted by Crippen LogP contribution is 2.47.